The fourth-order valence-corrected chi connectivity index (χ4v) is 3.82. The Morgan fingerprint density at radius 1 is 1.16 bits per heavy atom. The standard InChI is InChI=1S/C25H35N5O2/c1-5-26-24(30-15-14-21(17-30)20-8-12-23(32-4)13-9-20)27-16-19-6-10-22(11-7-19)29-25(31)28-18(2)3/h6-13,18,21H,5,14-17H2,1-4H3,(H,26,27)(H2,28,29,31). The van der Waals surface area contributed by atoms with Crippen LogP contribution >= 0.6 is 0 Å². The number of carbonyl (C=O) groups is 1. The number of rotatable bonds is 7. The lowest BCUT2D eigenvalue weighted by molar-refractivity contribution is 0.250. The van der Waals surface area contributed by atoms with Gasteiger partial charge in [0.25, 0.3) is 0 Å². The van der Waals surface area contributed by atoms with Gasteiger partial charge in [-0.05, 0) is 62.6 Å². The molecule has 0 spiro atoms. The number of benzene rings is 2. The fourth-order valence-electron chi connectivity index (χ4n) is 3.82. The van der Waals surface area contributed by atoms with Gasteiger partial charge in [-0.1, -0.05) is 24.3 Å². The summed E-state index contributed by atoms with van der Waals surface area (Å²) < 4.78 is 5.28. The minimum Gasteiger partial charge on any atom is -0.497 e. The molecule has 2 aromatic rings. The SMILES string of the molecule is CCNC(=NCc1ccc(NC(=O)NC(C)C)cc1)N1CCC(c2ccc(OC)cc2)C1. The molecule has 7 nitrogen and oxygen atoms in total. The minimum atomic E-state index is -0.194. The summed E-state index contributed by atoms with van der Waals surface area (Å²) in [6.45, 7) is 9.31. The van der Waals surface area contributed by atoms with E-state index in [0.29, 0.717) is 12.5 Å². The molecular formula is C25H35N5O2. The van der Waals surface area contributed by atoms with Crippen LogP contribution in [0.1, 0.15) is 44.2 Å². The predicted octanol–water partition coefficient (Wildman–Crippen LogP) is 4.18. The largest absolute Gasteiger partial charge is 0.497 e. The van der Waals surface area contributed by atoms with Crippen molar-refractivity contribution >= 4 is 17.7 Å². The second-order valence-electron chi connectivity index (χ2n) is 8.33. The number of anilines is 1. The summed E-state index contributed by atoms with van der Waals surface area (Å²) in [5.41, 5.74) is 3.21. The van der Waals surface area contributed by atoms with Crippen molar-refractivity contribution in [1.29, 1.82) is 0 Å². The third kappa shape index (κ3) is 6.64. The molecule has 0 aromatic heterocycles. The van der Waals surface area contributed by atoms with Gasteiger partial charge in [-0.15, -0.1) is 0 Å². The van der Waals surface area contributed by atoms with Crippen LogP contribution < -0.4 is 20.7 Å². The summed E-state index contributed by atoms with van der Waals surface area (Å²) in [7, 11) is 1.69. The van der Waals surface area contributed by atoms with Gasteiger partial charge < -0.3 is 25.6 Å². The van der Waals surface area contributed by atoms with Gasteiger partial charge in [0, 0.05) is 37.3 Å². The Morgan fingerprint density at radius 2 is 1.88 bits per heavy atom. The predicted molar refractivity (Wildman–Crippen MR) is 130 cm³/mol. The number of nitrogens with one attached hydrogen (secondary N) is 3. The number of hydrogen-bond acceptors (Lipinski definition) is 3. The van der Waals surface area contributed by atoms with Crippen molar-refractivity contribution in [2.24, 2.45) is 4.99 Å². The zero-order valence-corrected chi connectivity index (χ0v) is 19.5. The smallest absolute Gasteiger partial charge is 0.319 e. The molecule has 3 N–H and O–H groups in total. The molecular weight excluding hydrogens is 402 g/mol. The van der Waals surface area contributed by atoms with E-state index >= 15 is 0 Å². The van der Waals surface area contributed by atoms with Crippen LogP contribution in [0.2, 0.25) is 0 Å². The van der Waals surface area contributed by atoms with Gasteiger partial charge in [0.05, 0.1) is 13.7 Å². The zero-order chi connectivity index (χ0) is 22.9. The van der Waals surface area contributed by atoms with Gasteiger partial charge >= 0.3 is 6.03 Å². The molecule has 0 radical (unpaired) electrons. The molecule has 2 aromatic carbocycles. The van der Waals surface area contributed by atoms with Crippen molar-refractivity contribution in [1.82, 2.24) is 15.5 Å². The number of methoxy groups -OCH3 is 1. The molecule has 1 heterocycles. The second kappa shape index (κ2) is 11.4. The van der Waals surface area contributed by atoms with Crippen molar-refractivity contribution in [3.63, 3.8) is 0 Å². The lowest BCUT2D eigenvalue weighted by Crippen LogP contribution is -2.40. The van der Waals surface area contributed by atoms with E-state index in [9.17, 15) is 4.79 Å². The first-order valence-corrected chi connectivity index (χ1v) is 11.3. The lowest BCUT2D eigenvalue weighted by atomic mass is 9.98. The van der Waals surface area contributed by atoms with Crippen LogP contribution in [-0.2, 0) is 6.54 Å². The second-order valence-corrected chi connectivity index (χ2v) is 8.33. The summed E-state index contributed by atoms with van der Waals surface area (Å²) in [4.78, 5) is 19.0. The van der Waals surface area contributed by atoms with Crippen molar-refractivity contribution in [2.75, 3.05) is 32.1 Å². The van der Waals surface area contributed by atoms with Crippen LogP contribution in [0.3, 0.4) is 0 Å². The molecule has 172 valence electrons. The van der Waals surface area contributed by atoms with Crippen molar-refractivity contribution in [2.45, 2.75) is 45.7 Å². The Hall–Kier alpha value is -3.22. The van der Waals surface area contributed by atoms with Gasteiger partial charge in [-0.25, -0.2) is 9.79 Å². The Kier molecular flexibility index (Phi) is 8.36. The first-order valence-electron chi connectivity index (χ1n) is 11.3. The summed E-state index contributed by atoms with van der Waals surface area (Å²) >= 11 is 0. The van der Waals surface area contributed by atoms with Gasteiger partial charge in [0.1, 0.15) is 5.75 Å². The number of likely N-dealkylation sites (tertiary alicyclic amines) is 1. The van der Waals surface area contributed by atoms with E-state index in [1.165, 1.54) is 5.56 Å². The Balaban J connectivity index is 1.59. The average molecular weight is 438 g/mol. The number of carbonyl (C=O) groups excluding carboxylic acids is 1. The van der Waals surface area contributed by atoms with E-state index in [-0.39, 0.29) is 12.1 Å². The van der Waals surface area contributed by atoms with Crippen molar-refractivity contribution < 1.29 is 9.53 Å². The zero-order valence-electron chi connectivity index (χ0n) is 19.5. The first kappa shape index (κ1) is 23.4. The number of hydrogen-bond donors (Lipinski definition) is 3. The monoisotopic (exact) mass is 437 g/mol. The van der Waals surface area contributed by atoms with E-state index in [1.807, 2.05) is 50.2 Å². The fraction of sp³-hybridized carbons (Fsp3) is 0.440. The molecule has 1 atom stereocenters. The summed E-state index contributed by atoms with van der Waals surface area (Å²) in [6.07, 6.45) is 1.11. The molecule has 32 heavy (non-hydrogen) atoms. The van der Waals surface area contributed by atoms with E-state index in [0.717, 1.165) is 49.0 Å². The molecule has 1 aliphatic heterocycles. The maximum Gasteiger partial charge on any atom is 0.319 e. The number of amides is 2. The van der Waals surface area contributed by atoms with E-state index in [2.05, 4.69) is 39.9 Å². The van der Waals surface area contributed by atoms with E-state index < -0.39 is 0 Å². The van der Waals surface area contributed by atoms with Crippen molar-refractivity contribution in [3.8, 4) is 5.75 Å². The number of nitrogens with zero attached hydrogens (tertiary/aromatic N) is 2. The normalized spacial score (nSPS) is 16.2. The highest BCUT2D eigenvalue weighted by atomic mass is 16.5. The molecule has 0 aliphatic carbocycles. The Morgan fingerprint density at radius 3 is 2.50 bits per heavy atom. The summed E-state index contributed by atoms with van der Waals surface area (Å²) in [5, 5.41) is 9.10. The minimum absolute atomic E-state index is 0.100. The van der Waals surface area contributed by atoms with Gasteiger partial charge in [0.15, 0.2) is 5.96 Å². The number of urea groups is 1. The molecule has 1 fully saturated rings. The maximum atomic E-state index is 11.8. The van der Waals surface area contributed by atoms with Crippen LogP contribution in [-0.4, -0.2) is 49.7 Å². The molecule has 2 amide bonds. The topological polar surface area (TPSA) is 78.0 Å². The first-order chi connectivity index (χ1) is 15.5. The lowest BCUT2D eigenvalue weighted by Gasteiger charge is -2.22. The Bertz CT molecular complexity index is 894. The highest BCUT2D eigenvalue weighted by Crippen LogP contribution is 2.28. The molecule has 1 saturated heterocycles. The highest BCUT2D eigenvalue weighted by Gasteiger charge is 2.26. The number of ether oxygens (including phenoxy) is 1. The van der Waals surface area contributed by atoms with Gasteiger partial charge in [-0.3, -0.25) is 0 Å². The summed E-state index contributed by atoms with van der Waals surface area (Å²) in [5.74, 6) is 2.33. The molecule has 3 rings (SSSR count). The van der Waals surface area contributed by atoms with Crippen LogP contribution in [0.4, 0.5) is 10.5 Å². The summed E-state index contributed by atoms with van der Waals surface area (Å²) in [6, 6.07) is 16.1. The molecule has 1 aliphatic rings. The molecule has 7 heteroatoms. The third-order valence-corrected chi connectivity index (χ3v) is 5.45. The van der Waals surface area contributed by atoms with E-state index in [1.54, 1.807) is 7.11 Å². The number of guanidine groups is 1. The molecule has 1 unspecified atom stereocenters. The Labute approximate surface area is 191 Å². The van der Waals surface area contributed by atoms with Crippen LogP contribution in [0, 0.1) is 0 Å². The van der Waals surface area contributed by atoms with Crippen LogP contribution in [0.25, 0.3) is 0 Å². The van der Waals surface area contributed by atoms with E-state index in [4.69, 9.17) is 9.73 Å². The molecule has 0 saturated carbocycles. The van der Waals surface area contributed by atoms with Crippen LogP contribution in [0.5, 0.6) is 5.75 Å². The van der Waals surface area contributed by atoms with Crippen molar-refractivity contribution in [3.05, 3.63) is 59.7 Å². The number of aliphatic imine (C=N–C) groups is 1. The van der Waals surface area contributed by atoms with Gasteiger partial charge in [0.2, 0.25) is 0 Å². The quantitative estimate of drug-likeness (QED) is 0.449. The molecule has 0 bridgehead atoms. The third-order valence-electron chi connectivity index (χ3n) is 5.45. The maximum absolute atomic E-state index is 11.8. The van der Waals surface area contributed by atoms with Gasteiger partial charge in [-0.2, -0.15) is 0 Å². The highest BCUT2D eigenvalue weighted by molar-refractivity contribution is 5.89. The average Bonchev–Trinajstić information content (AvgIpc) is 3.27. The van der Waals surface area contributed by atoms with Crippen LogP contribution in [0.15, 0.2) is 53.5 Å².